The van der Waals surface area contributed by atoms with Crippen molar-refractivity contribution in [2.75, 3.05) is 29.7 Å². The molecule has 0 unspecified atom stereocenters. The molecule has 0 saturated heterocycles. The lowest BCUT2D eigenvalue weighted by Crippen LogP contribution is -2.27. The van der Waals surface area contributed by atoms with Crippen LogP contribution in [0.1, 0.15) is 24.0 Å². The summed E-state index contributed by atoms with van der Waals surface area (Å²) in [7, 11) is 0. The second-order valence-corrected chi connectivity index (χ2v) is 6.17. The van der Waals surface area contributed by atoms with E-state index in [9.17, 15) is 4.79 Å². The molecule has 0 aromatic heterocycles. The van der Waals surface area contributed by atoms with Gasteiger partial charge in [-0.1, -0.05) is 6.07 Å². The highest BCUT2D eigenvalue weighted by Gasteiger charge is 2.29. The van der Waals surface area contributed by atoms with Crippen LogP contribution < -0.4 is 10.3 Å². The highest BCUT2D eigenvalue weighted by molar-refractivity contribution is 6.18. The number of benzene rings is 1. The molecule has 2 rings (SSSR count). The molecule has 1 aliphatic rings. The maximum Gasteiger partial charge on any atom is 0.243 e. The zero-order chi connectivity index (χ0) is 15.9. The predicted molar refractivity (Wildman–Crippen MR) is 93.3 cm³/mol. The highest BCUT2D eigenvalue weighted by Crippen LogP contribution is 2.28. The monoisotopic (exact) mass is 341 g/mol. The Balaban J connectivity index is 2.01. The van der Waals surface area contributed by atoms with Gasteiger partial charge in [0.1, 0.15) is 0 Å². The van der Waals surface area contributed by atoms with Crippen LogP contribution in [0.3, 0.4) is 0 Å². The number of aryl methyl sites for hydroxylation is 1. The Morgan fingerprint density at radius 2 is 2.05 bits per heavy atom. The number of alkyl halides is 2. The number of halogens is 2. The summed E-state index contributed by atoms with van der Waals surface area (Å²) in [4.78, 5) is 13.7. The number of hydrogen-bond acceptors (Lipinski definition) is 3. The Labute approximate surface area is 141 Å². The highest BCUT2D eigenvalue weighted by atomic mass is 35.5. The number of nitrogens with one attached hydrogen (secondary N) is 1. The average Bonchev–Trinajstić information content (AvgIpc) is 3.33. The second-order valence-electron chi connectivity index (χ2n) is 5.41. The molecule has 0 heterocycles. The summed E-state index contributed by atoms with van der Waals surface area (Å²) in [5.74, 6) is 1.31. The molecule has 6 heteroatoms. The summed E-state index contributed by atoms with van der Waals surface area (Å²) in [6, 6.07) is 6.10. The predicted octanol–water partition coefficient (Wildman–Crippen LogP) is 3.14. The van der Waals surface area contributed by atoms with Gasteiger partial charge in [-0.25, -0.2) is 5.43 Å². The van der Waals surface area contributed by atoms with E-state index in [2.05, 4.69) is 21.5 Å². The number of hydrogen-bond donors (Lipinski definition) is 1. The van der Waals surface area contributed by atoms with E-state index in [0.717, 1.165) is 42.7 Å². The van der Waals surface area contributed by atoms with Crippen LogP contribution in [0.5, 0.6) is 0 Å². The van der Waals surface area contributed by atoms with Gasteiger partial charge in [-0.15, -0.1) is 23.2 Å². The molecule has 1 aromatic carbocycles. The standard InChI is InChI=1S/C16H21Cl2N3O/c1-12-10-15(21(8-6-17)9-7-18)5-4-14(12)11-19-20-16(22)13-2-3-13/h4-5,10-11,13H,2-3,6-9H2,1H3,(H,20,22)/b19-11+. The summed E-state index contributed by atoms with van der Waals surface area (Å²) in [5.41, 5.74) is 5.76. The summed E-state index contributed by atoms with van der Waals surface area (Å²) < 4.78 is 0. The molecule has 1 N–H and O–H groups in total. The zero-order valence-electron chi connectivity index (χ0n) is 12.7. The summed E-state index contributed by atoms with van der Waals surface area (Å²) in [6.07, 6.45) is 3.64. The van der Waals surface area contributed by atoms with E-state index >= 15 is 0 Å². The van der Waals surface area contributed by atoms with Crippen LogP contribution in [0.15, 0.2) is 23.3 Å². The van der Waals surface area contributed by atoms with Crippen LogP contribution in [0.2, 0.25) is 0 Å². The number of anilines is 1. The Morgan fingerprint density at radius 3 is 2.59 bits per heavy atom. The molecule has 0 bridgehead atoms. The number of hydrazone groups is 1. The van der Waals surface area contributed by atoms with Crippen LogP contribution in [0, 0.1) is 12.8 Å². The van der Waals surface area contributed by atoms with E-state index in [0.29, 0.717) is 11.8 Å². The number of carbonyl (C=O) groups excluding carboxylic acids is 1. The van der Waals surface area contributed by atoms with Gasteiger partial charge in [-0.3, -0.25) is 4.79 Å². The first kappa shape index (κ1) is 17.1. The van der Waals surface area contributed by atoms with Crippen molar-refractivity contribution in [1.29, 1.82) is 0 Å². The molecule has 1 aromatic rings. The molecule has 22 heavy (non-hydrogen) atoms. The Bertz CT molecular complexity index is 538. The first-order valence-corrected chi connectivity index (χ1v) is 8.53. The van der Waals surface area contributed by atoms with Crippen molar-refractivity contribution in [3.63, 3.8) is 0 Å². The quantitative estimate of drug-likeness (QED) is 0.448. The normalized spacial score (nSPS) is 14.3. The Kier molecular flexibility index (Phi) is 6.52. The number of rotatable bonds is 8. The van der Waals surface area contributed by atoms with Crippen molar-refractivity contribution in [1.82, 2.24) is 5.43 Å². The molecule has 1 amide bonds. The fourth-order valence-electron chi connectivity index (χ4n) is 2.18. The van der Waals surface area contributed by atoms with Crippen LogP contribution in [-0.2, 0) is 4.79 Å². The van der Waals surface area contributed by atoms with Crippen molar-refractivity contribution in [3.8, 4) is 0 Å². The van der Waals surface area contributed by atoms with Gasteiger partial charge in [-0.2, -0.15) is 5.10 Å². The fourth-order valence-corrected chi connectivity index (χ4v) is 2.59. The van der Waals surface area contributed by atoms with Gasteiger partial charge in [0.05, 0.1) is 6.21 Å². The largest absolute Gasteiger partial charge is 0.369 e. The number of nitrogens with zero attached hydrogens (tertiary/aromatic N) is 2. The van der Waals surface area contributed by atoms with Gasteiger partial charge >= 0.3 is 0 Å². The van der Waals surface area contributed by atoms with E-state index in [1.165, 1.54) is 0 Å². The van der Waals surface area contributed by atoms with Gasteiger partial charge < -0.3 is 4.90 Å². The van der Waals surface area contributed by atoms with Crippen LogP contribution in [-0.4, -0.2) is 37.0 Å². The number of amides is 1. The molecule has 120 valence electrons. The third-order valence-electron chi connectivity index (χ3n) is 3.65. The first-order chi connectivity index (χ1) is 10.7. The van der Waals surface area contributed by atoms with E-state index in [1.807, 2.05) is 19.1 Å². The smallest absolute Gasteiger partial charge is 0.243 e. The third-order valence-corrected chi connectivity index (χ3v) is 3.99. The molecule has 4 nitrogen and oxygen atoms in total. The maximum absolute atomic E-state index is 11.5. The molecule has 1 fully saturated rings. The van der Waals surface area contributed by atoms with E-state index < -0.39 is 0 Å². The summed E-state index contributed by atoms with van der Waals surface area (Å²) in [5, 5.41) is 4.03. The van der Waals surface area contributed by atoms with E-state index in [-0.39, 0.29) is 11.8 Å². The minimum absolute atomic E-state index is 0.0147. The van der Waals surface area contributed by atoms with Crippen molar-refractivity contribution in [3.05, 3.63) is 29.3 Å². The van der Waals surface area contributed by atoms with Crippen molar-refractivity contribution < 1.29 is 4.79 Å². The fraction of sp³-hybridized carbons (Fsp3) is 0.500. The van der Waals surface area contributed by atoms with Gasteiger partial charge in [0.25, 0.3) is 0 Å². The molecule has 1 aliphatic carbocycles. The lowest BCUT2D eigenvalue weighted by atomic mass is 10.1. The Hall–Kier alpha value is -1.26. The summed E-state index contributed by atoms with van der Waals surface area (Å²) >= 11 is 11.7. The molecule has 1 saturated carbocycles. The second kappa shape index (κ2) is 8.39. The van der Waals surface area contributed by atoms with Crippen molar-refractivity contribution in [2.45, 2.75) is 19.8 Å². The van der Waals surface area contributed by atoms with Gasteiger partial charge in [-0.05, 0) is 43.0 Å². The lowest BCUT2D eigenvalue weighted by Gasteiger charge is -2.23. The topological polar surface area (TPSA) is 44.7 Å². The van der Waals surface area contributed by atoms with Gasteiger partial charge in [0.2, 0.25) is 5.91 Å². The van der Waals surface area contributed by atoms with Crippen LogP contribution >= 0.6 is 23.2 Å². The minimum Gasteiger partial charge on any atom is -0.369 e. The average molecular weight is 342 g/mol. The van der Waals surface area contributed by atoms with E-state index in [4.69, 9.17) is 23.2 Å². The molecule has 0 aliphatic heterocycles. The minimum atomic E-state index is 0.0147. The van der Waals surface area contributed by atoms with E-state index in [1.54, 1.807) is 6.21 Å². The zero-order valence-corrected chi connectivity index (χ0v) is 14.2. The molecular weight excluding hydrogens is 321 g/mol. The van der Waals surface area contributed by atoms with Crippen LogP contribution in [0.4, 0.5) is 5.69 Å². The molecule has 0 radical (unpaired) electrons. The molecular formula is C16H21Cl2N3O. The number of carbonyl (C=O) groups is 1. The lowest BCUT2D eigenvalue weighted by molar-refractivity contribution is -0.122. The SMILES string of the molecule is Cc1cc(N(CCCl)CCCl)ccc1/C=N/NC(=O)C1CC1. The first-order valence-electron chi connectivity index (χ1n) is 7.46. The Morgan fingerprint density at radius 1 is 1.36 bits per heavy atom. The third kappa shape index (κ3) is 4.89. The van der Waals surface area contributed by atoms with Crippen molar-refractivity contribution in [2.24, 2.45) is 11.0 Å². The summed E-state index contributed by atoms with van der Waals surface area (Å²) in [6.45, 7) is 3.55. The van der Waals surface area contributed by atoms with Gasteiger partial charge in [0, 0.05) is 36.5 Å². The molecule has 0 atom stereocenters. The van der Waals surface area contributed by atoms with Crippen LogP contribution in [0.25, 0.3) is 0 Å². The maximum atomic E-state index is 11.5. The molecule has 0 spiro atoms. The van der Waals surface area contributed by atoms with Crippen molar-refractivity contribution >= 4 is 41.0 Å². The van der Waals surface area contributed by atoms with Gasteiger partial charge in [0.15, 0.2) is 0 Å².